The van der Waals surface area contributed by atoms with E-state index in [1.165, 1.54) is 65.1 Å². The van der Waals surface area contributed by atoms with Crippen LogP contribution < -0.4 is 0 Å². The Kier molecular flexibility index (Phi) is 3.36. The van der Waals surface area contributed by atoms with Crippen LogP contribution >= 0.6 is 45.3 Å². The van der Waals surface area contributed by atoms with E-state index in [0.717, 1.165) is 0 Å². The van der Waals surface area contributed by atoms with Crippen molar-refractivity contribution in [1.82, 2.24) is 0 Å². The molecule has 0 nitrogen and oxygen atoms in total. The third-order valence-electron chi connectivity index (χ3n) is 5.54. The predicted octanol–water partition coefficient (Wildman–Crippen LogP) is 9.67. The lowest BCUT2D eigenvalue weighted by Crippen LogP contribution is -1.67. The van der Waals surface area contributed by atoms with Crippen LogP contribution in [0.4, 0.5) is 0 Å². The molecule has 0 radical (unpaired) electrons. The highest BCUT2D eigenvalue weighted by Crippen LogP contribution is 2.48. The van der Waals surface area contributed by atoms with E-state index in [1.54, 1.807) is 0 Å². The summed E-state index contributed by atoms with van der Waals surface area (Å²) < 4.78 is 8.50. The Morgan fingerprint density at radius 2 is 1.17 bits per heavy atom. The number of hydrogen-bond acceptors (Lipinski definition) is 4. The molecule has 7 rings (SSSR count). The van der Waals surface area contributed by atoms with E-state index in [9.17, 15) is 0 Å². The molecule has 138 valence electrons. The fourth-order valence-corrected chi connectivity index (χ4v) is 9.07. The Bertz CT molecular complexity index is 1700. The van der Waals surface area contributed by atoms with Gasteiger partial charge in [-0.05, 0) is 59.7 Å². The van der Waals surface area contributed by atoms with Gasteiger partial charge in [-0.1, -0.05) is 30.3 Å². The normalized spacial score (nSPS) is 12.3. The molecular weight excluding hydrogens is 429 g/mol. The van der Waals surface area contributed by atoms with Gasteiger partial charge in [-0.3, -0.25) is 0 Å². The van der Waals surface area contributed by atoms with Crippen LogP contribution in [0.3, 0.4) is 0 Å². The Morgan fingerprint density at radius 3 is 1.86 bits per heavy atom. The first-order valence-electron chi connectivity index (χ1n) is 9.51. The molecule has 0 aliphatic rings. The Balaban J connectivity index is 1.51. The minimum absolute atomic E-state index is 1.31. The first kappa shape index (κ1) is 16.5. The highest BCUT2D eigenvalue weighted by molar-refractivity contribution is 7.37. The zero-order chi connectivity index (χ0) is 19.1. The smallest absolute Gasteiger partial charge is 0.0542 e. The molecule has 7 aromatic rings. The maximum Gasteiger partial charge on any atom is 0.0542 e. The number of rotatable bonds is 1. The molecule has 0 spiro atoms. The number of hydrogen-bond donors (Lipinski definition) is 0. The molecule has 0 fully saturated rings. The van der Waals surface area contributed by atoms with Crippen LogP contribution in [0.2, 0.25) is 0 Å². The van der Waals surface area contributed by atoms with E-state index in [2.05, 4.69) is 73.7 Å². The van der Waals surface area contributed by atoms with Crippen molar-refractivity contribution in [3.63, 3.8) is 0 Å². The molecule has 0 saturated heterocycles. The van der Waals surface area contributed by atoms with Gasteiger partial charge >= 0.3 is 0 Å². The molecule has 0 amide bonds. The molecule has 0 aliphatic heterocycles. The van der Waals surface area contributed by atoms with Crippen molar-refractivity contribution < 1.29 is 0 Å². The second-order valence-corrected chi connectivity index (χ2v) is 11.9. The monoisotopic (exact) mass is 442 g/mol. The summed E-state index contributed by atoms with van der Waals surface area (Å²) in [4.78, 5) is 2.74. The minimum atomic E-state index is 1.31. The lowest BCUT2D eigenvalue weighted by Gasteiger charge is -1.93. The maximum atomic E-state index is 2.41. The van der Waals surface area contributed by atoms with E-state index >= 15 is 0 Å². The zero-order valence-electron chi connectivity index (χ0n) is 15.5. The molecule has 4 aromatic heterocycles. The lowest BCUT2D eigenvalue weighted by atomic mass is 10.1. The quantitative estimate of drug-likeness (QED) is 0.237. The number of fused-ring (bicyclic) bond motifs is 7. The van der Waals surface area contributed by atoms with E-state index in [1.807, 2.05) is 45.3 Å². The third-order valence-corrected chi connectivity index (χ3v) is 10.2. The molecule has 4 heteroatoms. The van der Waals surface area contributed by atoms with Gasteiger partial charge in [-0.2, -0.15) is 0 Å². The maximum absolute atomic E-state index is 2.41. The molecule has 29 heavy (non-hydrogen) atoms. The molecule has 4 heterocycles. The SMILES string of the molecule is Cc1cc2cc3c(cc2s1)sc1c2cc4cc(-c5ccccc5)sc4cc2sc31. The molecular formula is C25H14S4. The molecule has 0 N–H and O–H groups in total. The van der Waals surface area contributed by atoms with Crippen molar-refractivity contribution in [2.75, 3.05) is 0 Å². The average molecular weight is 443 g/mol. The second kappa shape index (κ2) is 5.89. The fraction of sp³-hybridized carbons (Fsp3) is 0.0400. The van der Waals surface area contributed by atoms with E-state index < -0.39 is 0 Å². The third kappa shape index (κ3) is 2.41. The van der Waals surface area contributed by atoms with Crippen LogP contribution in [0.15, 0.2) is 66.7 Å². The van der Waals surface area contributed by atoms with Gasteiger partial charge < -0.3 is 0 Å². The van der Waals surface area contributed by atoms with Crippen LogP contribution in [0.25, 0.3) is 60.2 Å². The van der Waals surface area contributed by atoms with Crippen LogP contribution in [-0.2, 0) is 0 Å². The lowest BCUT2D eigenvalue weighted by molar-refractivity contribution is 1.66. The topological polar surface area (TPSA) is 0 Å². The van der Waals surface area contributed by atoms with Crippen molar-refractivity contribution in [1.29, 1.82) is 0 Å². The number of aryl methyl sites for hydroxylation is 1. The predicted molar refractivity (Wildman–Crippen MR) is 136 cm³/mol. The van der Waals surface area contributed by atoms with Gasteiger partial charge in [-0.25, -0.2) is 0 Å². The van der Waals surface area contributed by atoms with Crippen LogP contribution in [0.1, 0.15) is 4.88 Å². The molecule has 0 unspecified atom stereocenters. The summed E-state index contributed by atoms with van der Waals surface area (Å²) in [6.45, 7) is 2.20. The highest BCUT2D eigenvalue weighted by Gasteiger charge is 2.15. The molecule has 0 bridgehead atoms. The van der Waals surface area contributed by atoms with Gasteiger partial charge in [0.05, 0.1) is 9.40 Å². The first-order valence-corrected chi connectivity index (χ1v) is 12.8. The van der Waals surface area contributed by atoms with Gasteiger partial charge in [-0.15, -0.1) is 45.3 Å². The summed E-state index contributed by atoms with van der Waals surface area (Å²) in [7, 11) is 0. The van der Waals surface area contributed by atoms with Gasteiger partial charge in [0.25, 0.3) is 0 Å². The largest absolute Gasteiger partial charge is 0.141 e. The van der Waals surface area contributed by atoms with Crippen molar-refractivity contribution in [3.8, 4) is 10.4 Å². The summed E-state index contributed by atoms with van der Waals surface area (Å²) in [6.07, 6.45) is 0. The molecule has 0 aliphatic carbocycles. The molecule has 3 aromatic carbocycles. The van der Waals surface area contributed by atoms with E-state index in [-0.39, 0.29) is 0 Å². The Labute approximate surface area is 183 Å². The standard InChI is InChI=1S/C25H14S4/c1-13-7-15-8-17-22(11-20(15)26-13)28-25-18-9-16-10-19(14-5-3-2-4-6-14)27-21(16)12-23(18)29-24(17)25/h2-12H,1H3. The number of benzene rings is 3. The average Bonchev–Trinajstić information content (AvgIpc) is 3.46. The van der Waals surface area contributed by atoms with Crippen molar-refractivity contribution in [2.24, 2.45) is 0 Å². The number of thiophene rings is 4. The minimum Gasteiger partial charge on any atom is -0.141 e. The van der Waals surface area contributed by atoms with Gasteiger partial charge in [0.15, 0.2) is 0 Å². The van der Waals surface area contributed by atoms with Crippen molar-refractivity contribution in [3.05, 3.63) is 71.6 Å². The Hall–Kier alpha value is -2.24. The molecule has 0 atom stereocenters. The summed E-state index contributed by atoms with van der Waals surface area (Å²) in [5, 5.41) is 5.57. The summed E-state index contributed by atoms with van der Waals surface area (Å²) in [5.41, 5.74) is 1.31. The van der Waals surface area contributed by atoms with Gasteiger partial charge in [0, 0.05) is 39.3 Å². The summed E-state index contributed by atoms with van der Waals surface area (Å²) in [6, 6.07) is 25.0. The fourth-order valence-electron chi connectivity index (χ4n) is 4.20. The van der Waals surface area contributed by atoms with Crippen molar-refractivity contribution in [2.45, 2.75) is 6.92 Å². The molecule has 0 saturated carbocycles. The second-order valence-electron chi connectivity index (χ2n) is 7.47. The van der Waals surface area contributed by atoms with Crippen LogP contribution in [0.5, 0.6) is 0 Å². The van der Waals surface area contributed by atoms with Crippen LogP contribution in [-0.4, -0.2) is 0 Å². The Morgan fingerprint density at radius 1 is 0.552 bits per heavy atom. The van der Waals surface area contributed by atoms with E-state index in [0.29, 0.717) is 0 Å². The van der Waals surface area contributed by atoms with Crippen molar-refractivity contribution >= 4 is 95.1 Å². The zero-order valence-corrected chi connectivity index (χ0v) is 18.7. The summed E-state index contributed by atoms with van der Waals surface area (Å²) in [5.74, 6) is 0. The first-order chi connectivity index (χ1) is 14.2. The van der Waals surface area contributed by atoms with E-state index in [4.69, 9.17) is 0 Å². The van der Waals surface area contributed by atoms with Gasteiger partial charge in [0.1, 0.15) is 0 Å². The van der Waals surface area contributed by atoms with Crippen LogP contribution in [0, 0.1) is 6.92 Å². The van der Waals surface area contributed by atoms with Gasteiger partial charge in [0.2, 0.25) is 0 Å². The highest BCUT2D eigenvalue weighted by atomic mass is 32.1. The summed E-state index contributed by atoms with van der Waals surface area (Å²) >= 11 is 7.70.